The molecule has 0 aliphatic heterocycles. The Balaban J connectivity index is 1.42. The lowest BCUT2D eigenvalue weighted by Gasteiger charge is -2.17. The molecule has 2 aromatic heterocycles. The van der Waals surface area contributed by atoms with Crippen molar-refractivity contribution in [2.45, 2.75) is 17.1 Å². The van der Waals surface area contributed by atoms with Crippen LogP contribution in [0.2, 0.25) is 0 Å². The SMILES string of the molecule is Cc1c(NC(=O)C(Sc2cccc(NC(=O)c3cccs3)c2)c2ccccc2)c(=O)n(-c2ccccc2)n1C. The number of thiophene rings is 1. The number of carbonyl (C=O) groups is 2. The molecule has 1 atom stereocenters. The highest BCUT2D eigenvalue weighted by molar-refractivity contribution is 8.00. The van der Waals surface area contributed by atoms with Gasteiger partial charge in [-0.3, -0.25) is 19.1 Å². The maximum Gasteiger partial charge on any atom is 0.295 e. The topological polar surface area (TPSA) is 85.1 Å². The molecule has 7 nitrogen and oxygen atoms in total. The lowest BCUT2D eigenvalue weighted by Crippen LogP contribution is -2.25. The normalized spacial score (nSPS) is 11.6. The highest BCUT2D eigenvalue weighted by Crippen LogP contribution is 2.37. The average Bonchev–Trinajstić information content (AvgIpc) is 3.57. The monoisotopic (exact) mass is 554 g/mol. The second kappa shape index (κ2) is 11.6. The molecule has 0 spiro atoms. The maximum atomic E-state index is 13.7. The van der Waals surface area contributed by atoms with E-state index in [0.717, 1.165) is 10.5 Å². The van der Waals surface area contributed by atoms with Crippen molar-refractivity contribution in [3.63, 3.8) is 0 Å². The fourth-order valence-electron chi connectivity index (χ4n) is 4.19. The highest BCUT2D eigenvalue weighted by atomic mass is 32.2. The Labute approximate surface area is 234 Å². The van der Waals surface area contributed by atoms with Crippen LogP contribution in [0.5, 0.6) is 0 Å². The van der Waals surface area contributed by atoms with Crippen molar-refractivity contribution in [2.24, 2.45) is 7.05 Å². The van der Waals surface area contributed by atoms with Crippen molar-refractivity contribution in [2.75, 3.05) is 10.6 Å². The zero-order valence-electron chi connectivity index (χ0n) is 21.3. The van der Waals surface area contributed by atoms with E-state index in [1.54, 1.807) is 24.7 Å². The van der Waals surface area contributed by atoms with Crippen LogP contribution in [0.4, 0.5) is 11.4 Å². The summed E-state index contributed by atoms with van der Waals surface area (Å²) in [5.74, 6) is -0.496. The van der Waals surface area contributed by atoms with Crippen molar-refractivity contribution in [1.29, 1.82) is 0 Å². The number of nitrogens with zero attached hydrogens (tertiary/aromatic N) is 2. The van der Waals surface area contributed by atoms with Gasteiger partial charge in [-0.1, -0.05) is 60.7 Å². The minimum atomic E-state index is -0.640. The van der Waals surface area contributed by atoms with Crippen LogP contribution in [0, 0.1) is 6.92 Å². The van der Waals surface area contributed by atoms with Crippen LogP contribution in [0.1, 0.15) is 26.2 Å². The van der Waals surface area contributed by atoms with Crippen LogP contribution in [-0.2, 0) is 11.8 Å². The van der Waals surface area contributed by atoms with Crippen LogP contribution in [0.3, 0.4) is 0 Å². The van der Waals surface area contributed by atoms with Crippen LogP contribution < -0.4 is 16.2 Å². The largest absolute Gasteiger partial charge is 0.321 e. The molecule has 0 saturated carbocycles. The van der Waals surface area contributed by atoms with Gasteiger partial charge in [-0.15, -0.1) is 23.1 Å². The predicted molar refractivity (Wildman–Crippen MR) is 158 cm³/mol. The lowest BCUT2D eigenvalue weighted by atomic mass is 10.1. The molecule has 3 aromatic carbocycles. The van der Waals surface area contributed by atoms with E-state index in [4.69, 9.17) is 0 Å². The fourth-order valence-corrected chi connectivity index (χ4v) is 5.89. The summed E-state index contributed by atoms with van der Waals surface area (Å²) in [4.78, 5) is 41.1. The molecule has 0 radical (unpaired) electrons. The second-order valence-corrected chi connectivity index (χ2v) is 10.9. The average molecular weight is 555 g/mol. The number of nitrogens with one attached hydrogen (secondary N) is 2. The molecule has 0 aliphatic carbocycles. The number of rotatable bonds is 8. The zero-order chi connectivity index (χ0) is 27.4. The van der Waals surface area contributed by atoms with Gasteiger partial charge in [-0.25, -0.2) is 4.68 Å². The first-order chi connectivity index (χ1) is 18.9. The third-order valence-electron chi connectivity index (χ3n) is 6.23. The van der Waals surface area contributed by atoms with Crippen molar-refractivity contribution in [3.8, 4) is 5.69 Å². The predicted octanol–water partition coefficient (Wildman–Crippen LogP) is 6.27. The van der Waals surface area contributed by atoms with E-state index in [1.807, 2.05) is 96.4 Å². The number of amides is 2. The molecular weight excluding hydrogens is 528 g/mol. The van der Waals surface area contributed by atoms with E-state index in [1.165, 1.54) is 27.8 Å². The van der Waals surface area contributed by atoms with Crippen LogP contribution in [0.15, 0.2) is 112 Å². The number of carbonyl (C=O) groups excluding carboxylic acids is 2. The minimum absolute atomic E-state index is 0.182. The number of thioether (sulfide) groups is 1. The number of hydrogen-bond acceptors (Lipinski definition) is 5. The molecule has 2 N–H and O–H groups in total. The first kappa shape index (κ1) is 26.3. The smallest absolute Gasteiger partial charge is 0.295 e. The van der Waals surface area contributed by atoms with E-state index >= 15 is 0 Å². The number of hydrogen-bond donors (Lipinski definition) is 2. The third kappa shape index (κ3) is 5.74. The number of anilines is 2. The zero-order valence-corrected chi connectivity index (χ0v) is 23.0. The second-order valence-electron chi connectivity index (χ2n) is 8.79. The summed E-state index contributed by atoms with van der Waals surface area (Å²) in [5, 5.41) is 7.04. The quantitative estimate of drug-likeness (QED) is 0.221. The Bertz CT molecular complexity index is 1660. The van der Waals surface area contributed by atoms with E-state index in [9.17, 15) is 14.4 Å². The van der Waals surface area contributed by atoms with Gasteiger partial charge in [0.2, 0.25) is 5.91 Å². The standard InChI is InChI=1S/C30H26N4O3S2/c1-20-26(30(37)34(33(20)2)23-14-7-4-8-15-23)32-29(36)27(21-11-5-3-6-12-21)39-24-16-9-13-22(19-24)31-28(35)25-17-10-18-38-25/h3-19,27H,1-2H3,(H,31,35)(H,32,36). The van der Waals surface area contributed by atoms with Gasteiger partial charge < -0.3 is 10.6 Å². The molecule has 0 fully saturated rings. The van der Waals surface area contributed by atoms with Crippen LogP contribution >= 0.6 is 23.1 Å². The summed E-state index contributed by atoms with van der Waals surface area (Å²) >= 11 is 2.72. The molecule has 0 bridgehead atoms. The lowest BCUT2D eigenvalue weighted by molar-refractivity contribution is -0.115. The maximum absolute atomic E-state index is 13.7. The number of aromatic nitrogens is 2. The summed E-state index contributed by atoms with van der Waals surface area (Å²) in [7, 11) is 1.79. The van der Waals surface area contributed by atoms with E-state index in [0.29, 0.717) is 21.9 Å². The summed E-state index contributed by atoms with van der Waals surface area (Å²) in [6.07, 6.45) is 0. The third-order valence-corrected chi connectivity index (χ3v) is 8.35. The van der Waals surface area contributed by atoms with Gasteiger partial charge in [0.15, 0.2) is 0 Å². The van der Waals surface area contributed by atoms with Crippen LogP contribution in [-0.4, -0.2) is 21.2 Å². The van der Waals surface area contributed by atoms with Crippen molar-refractivity contribution in [3.05, 3.63) is 129 Å². The van der Waals surface area contributed by atoms with Gasteiger partial charge in [0, 0.05) is 17.6 Å². The van der Waals surface area contributed by atoms with E-state index in [-0.39, 0.29) is 23.1 Å². The highest BCUT2D eigenvalue weighted by Gasteiger charge is 2.26. The molecule has 2 amide bonds. The Morgan fingerprint density at radius 2 is 1.59 bits per heavy atom. The molecule has 39 heavy (non-hydrogen) atoms. The number of benzene rings is 3. The Kier molecular flexibility index (Phi) is 7.81. The molecule has 1 unspecified atom stereocenters. The minimum Gasteiger partial charge on any atom is -0.321 e. The molecule has 9 heteroatoms. The van der Waals surface area contributed by atoms with Gasteiger partial charge in [-0.2, -0.15) is 0 Å². The summed E-state index contributed by atoms with van der Waals surface area (Å²) in [5.41, 5.74) is 2.73. The molecular formula is C30H26N4O3S2. The molecule has 2 heterocycles. The van der Waals surface area contributed by atoms with Gasteiger partial charge in [0.05, 0.1) is 16.3 Å². The van der Waals surface area contributed by atoms with Crippen molar-refractivity contribution < 1.29 is 9.59 Å². The van der Waals surface area contributed by atoms with E-state index < -0.39 is 5.25 Å². The molecule has 5 rings (SSSR count). The summed E-state index contributed by atoms with van der Waals surface area (Å²) in [6.45, 7) is 1.81. The van der Waals surface area contributed by atoms with Gasteiger partial charge in [0.1, 0.15) is 10.9 Å². The fraction of sp³-hybridized carbons (Fsp3) is 0.100. The van der Waals surface area contributed by atoms with Crippen molar-refractivity contribution in [1.82, 2.24) is 9.36 Å². The summed E-state index contributed by atoms with van der Waals surface area (Å²) in [6, 6.07) is 29.7. The number of para-hydroxylation sites is 1. The Morgan fingerprint density at radius 1 is 0.872 bits per heavy atom. The van der Waals surface area contributed by atoms with Gasteiger partial charge in [0.25, 0.3) is 11.5 Å². The van der Waals surface area contributed by atoms with Crippen molar-refractivity contribution >= 4 is 46.3 Å². The Hall–Kier alpha value is -4.34. The molecule has 0 aliphatic rings. The van der Waals surface area contributed by atoms with Crippen LogP contribution in [0.25, 0.3) is 5.69 Å². The van der Waals surface area contributed by atoms with Gasteiger partial charge >= 0.3 is 0 Å². The molecule has 196 valence electrons. The first-order valence-electron chi connectivity index (χ1n) is 12.2. The first-order valence-corrected chi connectivity index (χ1v) is 14.0. The van der Waals surface area contributed by atoms with E-state index in [2.05, 4.69) is 10.6 Å². The Morgan fingerprint density at radius 3 is 2.28 bits per heavy atom. The summed E-state index contributed by atoms with van der Waals surface area (Å²) < 4.78 is 3.27. The van der Waals surface area contributed by atoms with Gasteiger partial charge in [-0.05, 0) is 54.3 Å². The molecule has 5 aromatic rings. The molecule has 0 saturated heterocycles.